The van der Waals surface area contributed by atoms with E-state index >= 15 is 0 Å². The van der Waals surface area contributed by atoms with Crippen molar-refractivity contribution in [3.05, 3.63) is 29.3 Å². The normalized spacial score (nSPS) is 40.7. The van der Waals surface area contributed by atoms with Gasteiger partial charge in [-0.3, -0.25) is 0 Å². The highest BCUT2D eigenvalue weighted by Gasteiger charge is 2.56. The van der Waals surface area contributed by atoms with Crippen molar-refractivity contribution in [3.8, 4) is 5.75 Å². The first-order valence-corrected chi connectivity index (χ1v) is 8.94. The predicted molar refractivity (Wildman–Crippen MR) is 90.5 cm³/mol. The van der Waals surface area contributed by atoms with Crippen molar-refractivity contribution in [2.24, 2.45) is 17.8 Å². The summed E-state index contributed by atoms with van der Waals surface area (Å²) in [6.45, 7) is 6.23. The number of nitrogens with zero attached hydrogens (tertiary/aromatic N) is 1. The van der Waals surface area contributed by atoms with E-state index in [0.29, 0.717) is 5.41 Å². The second kappa shape index (κ2) is 4.99. The van der Waals surface area contributed by atoms with Crippen molar-refractivity contribution in [2.75, 3.05) is 20.7 Å². The van der Waals surface area contributed by atoms with Crippen molar-refractivity contribution < 1.29 is 4.74 Å². The van der Waals surface area contributed by atoms with Crippen LogP contribution in [0.3, 0.4) is 0 Å². The Labute approximate surface area is 134 Å². The van der Waals surface area contributed by atoms with Crippen LogP contribution in [0.15, 0.2) is 18.2 Å². The maximum Gasteiger partial charge on any atom is 0.119 e. The van der Waals surface area contributed by atoms with Gasteiger partial charge in [0.2, 0.25) is 0 Å². The molecule has 1 aliphatic heterocycles. The fourth-order valence-corrected chi connectivity index (χ4v) is 5.88. The zero-order valence-corrected chi connectivity index (χ0v) is 14.4. The van der Waals surface area contributed by atoms with Gasteiger partial charge in [0.1, 0.15) is 5.75 Å². The van der Waals surface area contributed by atoms with Crippen LogP contribution in [0.1, 0.15) is 44.2 Å². The average molecular weight is 299 g/mol. The van der Waals surface area contributed by atoms with Gasteiger partial charge in [0.15, 0.2) is 0 Å². The number of ether oxygens (including phenoxy) is 1. The monoisotopic (exact) mass is 299 g/mol. The second-order valence-corrected chi connectivity index (χ2v) is 8.08. The van der Waals surface area contributed by atoms with E-state index < -0.39 is 0 Å². The van der Waals surface area contributed by atoms with E-state index in [2.05, 4.69) is 44.0 Å². The molecule has 3 aliphatic rings. The van der Waals surface area contributed by atoms with Crippen LogP contribution in [0.5, 0.6) is 5.75 Å². The van der Waals surface area contributed by atoms with Crippen molar-refractivity contribution in [1.29, 1.82) is 0 Å². The van der Waals surface area contributed by atoms with Gasteiger partial charge in [-0.2, -0.15) is 0 Å². The SMILES string of the molecule is COc1ccc2c(c1)[C@@]13CCC(C)[C@H](C)C1[C@@H](C2)N(C)CC3. The minimum absolute atomic E-state index is 0.408. The van der Waals surface area contributed by atoms with Crippen LogP contribution in [0.25, 0.3) is 0 Å². The van der Waals surface area contributed by atoms with Gasteiger partial charge in [-0.05, 0) is 80.3 Å². The van der Waals surface area contributed by atoms with Gasteiger partial charge in [0, 0.05) is 11.5 Å². The molecule has 0 amide bonds. The van der Waals surface area contributed by atoms with Crippen LogP contribution in [0.2, 0.25) is 0 Å². The van der Waals surface area contributed by atoms with Crippen LogP contribution in [0.4, 0.5) is 0 Å². The number of fused-ring (bicyclic) bond motifs is 1. The van der Waals surface area contributed by atoms with E-state index in [0.717, 1.165) is 29.5 Å². The molecular weight excluding hydrogens is 270 g/mol. The van der Waals surface area contributed by atoms with E-state index in [4.69, 9.17) is 4.74 Å². The minimum Gasteiger partial charge on any atom is -0.497 e. The van der Waals surface area contributed by atoms with Crippen LogP contribution >= 0.6 is 0 Å². The lowest BCUT2D eigenvalue weighted by Crippen LogP contribution is -2.63. The molecule has 0 aromatic heterocycles. The Morgan fingerprint density at radius 3 is 2.82 bits per heavy atom. The summed E-state index contributed by atoms with van der Waals surface area (Å²) in [6.07, 6.45) is 5.29. The third-order valence-corrected chi connectivity index (χ3v) is 7.32. The van der Waals surface area contributed by atoms with Crippen molar-refractivity contribution >= 4 is 0 Å². The molecule has 2 unspecified atom stereocenters. The van der Waals surface area contributed by atoms with E-state index in [1.54, 1.807) is 18.2 Å². The van der Waals surface area contributed by atoms with Crippen LogP contribution in [-0.4, -0.2) is 31.6 Å². The molecule has 1 aromatic carbocycles. The van der Waals surface area contributed by atoms with Crippen molar-refractivity contribution in [3.63, 3.8) is 0 Å². The molecule has 0 N–H and O–H groups in total. The van der Waals surface area contributed by atoms with E-state index in [-0.39, 0.29) is 0 Å². The Kier molecular flexibility index (Phi) is 3.30. The van der Waals surface area contributed by atoms with E-state index in [1.165, 1.54) is 32.2 Å². The molecule has 4 rings (SSSR count). The number of rotatable bonds is 1. The highest BCUT2D eigenvalue weighted by molar-refractivity contribution is 5.46. The second-order valence-electron chi connectivity index (χ2n) is 8.08. The lowest BCUT2D eigenvalue weighted by Gasteiger charge is -2.61. The summed E-state index contributed by atoms with van der Waals surface area (Å²) < 4.78 is 5.55. The van der Waals surface area contributed by atoms with Crippen molar-refractivity contribution in [1.82, 2.24) is 4.90 Å². The number of hydrogen-bond donors (Lipinski definition) is 0. The summed E-state index contributed by atoms with van der Waals surface area (Å²) in [5.74, 6) is 3.53. The summed E-state index contributed by atoms with van der Waals surface area (Å²) in [5, 5.41) is 0. The third-order valence-electron chi connectivity index (χ3n) is 7.32. The summed E-state index contributed by atoms with van der Waals surface area (Å²) in [7, 11) is 4.14. The number of likely N-dealkylation sites (N-methyl/N-ethyl adjacent to an activating group) is 1. The summed E-state index contributed by atoms with van der Waals surface area (Å²) in [4.78, 5) is 2.64. The quantitative estimate of drug-likeness (QED) is 0.780. The van der Waals surface area contributed by atoms with Gasteiger partial charge in [-0.1, -0.05) is 19.9 Å². The molecule has 0 spiro atoms. The maximum absolute atomic E-state index is 5.55. The molecule has 22 heavy (non-hydrogen) atoms. The molecule has 0 radical (unpaired) electrons. The average Bonchev–Trinajstić information content (AvgIpc) is 2.54. The summed E-state index contributed by atoms with van der Waals surface area (Å²) in [6, 6.07) is 7.58. The topological polar surface area (TPSA) is 12.5 Å². The third kappa shape index (κ3) is 1.83. The first-order valence-electron chi connectivity index (χ1n) is 8.94. The lowest BCUT2D eigenvalue weighted by atomic mass is 9.48. The molecule has 2 heteroatoms. The molecule has 120 valence electrons. The highest BCUT2D eigenvalue weighted by Crippen LogP contribution is 2.58. The van der Waals surface area contributed by atoms with Gasteiger partial charge in [-0.15, -0.1) is 0 Å². The number of hydrogen-bond acceptors (Lipinski definition) is 2. The molecule has 5 atom stereocenters. The smallest absolute Gasteiger partial charge is 0.119 e. The zero-order valence-electron chi connectivity index (χ0n) is 14.4. The molecule has 2 nitrogen and oxygen atoms in total. The Morgan fingerprint density at radius 1 is 1.23 bits per heavy atom. The Hall–Kier alpha value is -1.02. The number of methoxy groups -OCH3 is 1. The zero-order chi connectivity index (χ0) is 15.5. The predicted octanol–water partition coefficient (Wildman–Crippen LogP) is 3.88. The van der Waals surface area contributed by atoms with E-state index in [9.17, 15) is 0 Å². The van der Waals surface area contributed by atoms with Crippen LogP contribution in [-0.2, 0) is 11.8 Å². The number of likely N-dealkylation sites (tertiary alicyclic amines) is 1. The molecule has 1 heterocycles. The maximum atomic E-state index is 5.55. The Balaban J connectivity index is 1.89. The Bertz CT molecular complexity index is 579. The molecule has 2 fully saturated rings. The highest BCUT2D eigenvalue weighted by atomic mass is 16.5. The Morgan fingerprint density at radius 2 is 2.05 bits per heavy atom. The van der Waals surface area contributed by atoms with Crippen molar-refractivity contribution in [2.45, 2.75) is 51.0 Å². The first kappa shape index (κ1) is 14.6. The first-order chi connectivity index (χ1) is 10.6. The van der Waals surface area contributed by atoms with Gasteiger partial charge in [0.25, 0.3) is 0 Å². The van der Waals surface area contributed by atoms with Crippen LogP contribution in [0, 0.1) is 17.8 Å². The fraction of sp³-hybridized carbons (Fsp3) is 0.700. The van der Waals surface area contributed by atoms with Gasteiger partial charge < -0.3 is 9.64 Å². The molecule has 1 aromatic rings. The van der Waals surface area contributed by atoms with Crippen LogP contribution < -0.4 is 4.74 Å². The van der Waals surface area contributed by atoms with Gasteiger partial charge in [0.05, 0.1) is 7.11 Å². The fourth-order valence-electron chi connectivity index (χ4n) is 5.88. The largest absolute Gasteiger partial charge is 0.497 e. The standard InChI is InChI=1S/C20H29NO/c1-13-7-8-20-9-10-21(3)18(19(20)14(13)2)11-15-5-6-16(22-4)12-17(15)20/h5-6,12-14,18-19H,7-11H2,1-4H3/t13?,14-,18+,19?,20-/m0/s1. The molecule has 1 saturated heterocycles. The number of benzene rings is 1. The lowest BCUT2D eigenvalue weighted by molar-refractivity contribution is -0.0466. The molecule has 2 aliphatic carbocycles. The van der Waals surface area contributed by atoms with Gasteiger partial charge in [-0.25, -0.2) is 0 Å². The van der Waals surface area contributed by atoms with Gasteiger partial charge >= 0.3 is 0 Å². The molecule has 2 bridgehead atoms. The summed E-state index contributed by atoms with van der Waals surface area (Å²) in [5.41, 5.74) is 3.61. The molecule has 1 saturated carbocycles. The summed E-state index contributed by atoms with van der Waals surface area (Å²) >= 11 is 0. The number of piperidine rings is 1. The molecular formula is C20H29NO. The van der Waals surface area contributed by atoms with E-state index in [1.807, 2.05) is 0 Å². The minimum atomic E-state index is 0.408.